The Bertz CT molecular complexity index is 1240. The van der Waals surface area contributed by atoms with Gasteiger partial charge in [0.25, 0.3) is 0 Å². The first-order valence-electron chi connectivity index (χ1n) is 11.7. The number of alkyl halides is 3. The number of halogens is 3. The van der Waals surface area contributed by atoms with Crippen molar-refractivity contribution in [3.8, 4) is 33.9 Å². The summed E-state index contributed by atoms with van der Waals surface area (Å²) < 4.78 is 53.1. The average molecular weight is 485 g/mol. The Hall–Kier alpha value is -3.26. The summed E-state index contributed by atoms with van der Waals surface area (Å²) in [6.45, 7) is 0.996. The normalized spacial score (nSPS) is 17.5. The molecule has 0 saturated carbocycles. The van der Waals surface area contributed by atoms with Crippen LogP contribution in [0, 0.1) is 0 Å². The first-order valence-corrected chi connectivity index (χ1v) is 11.7. The molecule has 1 N–H and O–H groups in total. The molecule has 1 aromatic heterocycles. The first-order chi connectivity index (χ1) is 16.8. The SMILES string of the molecule is COc1cc(OC)cc(-c2cc(-c3cc(N4CCC(O)C4)ccc3C(F)(F)F)nc3c2CCC3)c1. The molecule has 2 aromatic carbocycles. The number of rotatable bonds is 5. The number of pyridine rings is 1. The highest BCUT2D eigenvalue weighted by atomic mass is 19.4. The van der Waals surface area contributed by atoms with Crippen molar-refractivity contribution in [1.82, 2.24) is 4.98 Å². The number of aliphatic hydroxyl groups excluding tert-OH is 1. The van der Waals surface area contributed by atoms with Crippen LogP contribution in [0.3, 0.4) is 0 Å². The fourth-order valence-electron chi connectivity index (χ4n) is 5.07. The number of aromatic nitrogens is 1. The number of hydrogen-bond acceptors (Lipinski definition) is 5. The van der Waals surface area contributed by atoms with E-state index in [2.05, 4.69) is 0 Å². The third kappa shape index (κ3) is 4.55. The maximum Gasteiger partial charge on any atom is 0.417 e. The van der Waals surface area contributed by atoms with Crippen LogP contribution in [0.25, 0.3) is 22.4 Å². The van der Waals surface area contributed by atoms with Crippen LogP contribution in [0.2, 0.25) is 0 Å². The summed E-state index contributed by atoms with van der Waals surface area (Å²) in [5.74, 6) is 1.21. The molecule has 1 aliphatic carbocycles. The van der Waals surface area contributed by atoms with Crippen molar-refractivity contribution in [2.45, 2.75) is 38.0 Å². The molecule has 0 spiro atoms. The zero-order valence-corrected chi connectivity index (χ0v) is 19.7. The number of aryl methyl sites for hydroxylation is 1. The number of nitrogens with zero attached hydrogens (tertiary/aromatic N) is 2. The molecule has 0 radical (unpaired) electrons. The van der Waals surface area contributed by atoms with Gasteiger partial charge in [0.05, 0.1) is 31.6 Å². The highest BCUT2D eigenvalue weighted by molar-refractivity contribution is 5.79. The molecule has 2 heterocycles. The number of aliphatic hydroxyl groups is 1. The Labute approximate surface area is 202 Å². The summed E-state index contributed by atoms with van der Waals surface area (Å²) in [5, 5.41) is 9.93. The van der Waals surface area contributed by atoms with E-state index in [4.69, 9.17) is 14.5 Å². The van der Waals surface area contributed by atoms with E-state index in [1.54, 1.807) is 32.4 Å². The Morgan fingerprint density at radius 1 is 0.971 bits per heavy atom. The van der Waals surface area contributed by atoms with Crippen molar-refractivity contribution in [3.05, 3.63) is 59.3 Å². The van der Waals surface area contributed by atoms with E-state index in [1.165, 1.54) is 6.07 Å². The maximum absolute atomic E-state index is 14.1. The average Bonchev–Trinajstić information content (AvgIpc) is 3.51. The molecule has 0 bridgehead atoms. The number of ether oxygens (including phenoxy) is 2. The predicted molar refractivity (Wildman–Crippen MR) is 128 cm³/mol. The topological polar surface area (TPSA) is 54.8 Å². The molecule has 1 atom stereocenters. The van der Waals surface area contributed by atoms with Gasteiger partial charge in [-0.3, -0.25) is 4.98 Å². The van der Waals surface area contributed by atoms with E-state index in [0.29, 0.717) is 36.7 Å². The van der Waals surface area contributed by atoms with Gasteiger partial charge in [-0.1, -0.05) is 0 Å². The number of benzene rings is 2. The van der Waals surface area contributed by atoms with Gasteiger partial charge in [-0.15, -0.1) is 0 Å². The van der Waals surface area contributed by atoms with Gasteiger partial charge < -0.3 is 19.5 Å². The van der Waals surface area contributed by atoms with Gasteiger partial charge in [-0.2, -0.15) is 13.2 Å². The molecular weight excluding hydrogens is 457 g/mol. The monoisotopic (exact) mass is 484 g/mol. The van der Waals surface area contributed by atoms with Crippen molar-refractivity contribution in [2.24, 2.45) is 0 Å². The third-order valence-corrected chi connectivity index (χ3v) is 6.83. The van der Waals surface area contributed by atoms with Gasteiger partial charge in [0.1, 0.15) is 11.5 Å². The first kappa shape index (κ1) is 23.5. The number of methoxy groups -OCH3 is 2. The Morgan fingerprint density at radius 2 is 1.71 bits per heavy atom. The van der Waals surface area contributed by atoms with Crippen LogP contribution in [-0.2, 0) is 19.0 Å². The fourth-order valence-corrected chi connectivity index (χ4v) is 5.07. The molecule has 1 saturated heterocycles. The van der Waals surface area contributed by atoms with Crippen LogP contribution in [-0.4, -0.2) is 43.5 Å². The molecule has 3 aromatic rings. The summed E-state index contributed by atoms with van der Waals surface area (Å²) in [6, 6.07) is 11.4. The minimum absolute atomic E-state index is 0.0437. The summed E-state index contributed by atoms with van der Waals surface area (Å²) in [6.07, 6.45) is -1.98. The Balaban J connectivity index is 1.70. The molecule has 1 aliphatic heterocycles. The molecule has 8 heteroatoms. The van der Waals surface area contributed by atoms with Crippen LogP contribution in [0.15, 0.2) is 42.5 Å². The highest BCUT2D eigenvalue weighted by Crippen LogP contribution is 2.42. The van der Waals surface area contributed by atoms with Gasteiger partial charge in [-0.05, 0) is 78.8 Å². The van der Waals surface area contributed by atoms with Gasteiger partial charge in [-0.25, -0.2) is 0 Å². The van der Waals surface area contributed by atoms with Crippen LogP contribution in [0.5, 0.6) is 11.5 Å². The van der Waals surface area contributed by atoms with Crippen LogP contribution >= 0.6 is 0 Å². The number of β-amino-alcohol motifs (C(OH)–C–C–N with tert-alkyl or cyclic N) is 1. The van der Waals surface area contributed by atoms with Crippen molar-refractivity contribution in [3.63, 3.8) is 0 Å². The molecule has 5 rings (SSSR count). The van der Waals surface area contributed by atoms with E-state index >= 15 is 0 Å². The molecule has 0 amide bonds. The number of anilines is 1. The van der Waals surface area contributed by atoms with Crippen molar-refractivity contribution in [1.29, 1.82) is 0 Å². The van der Waals surface area contributed by atoms with E-state index in [9.17, 15) is 18.3 Å². The quantitative estimate of drug-likeness (QED) is 0.518. The lowest BCUT2D eigenvalue weighted by atomic mass is 9.94. The Kier molecular flexibility index (Phi) is 6.09. The number of fused-ring (bicyclic) bond motifs is 1. The van der Waals surface area contributed by atoms with Gasteiger partial charge >= 0.3 is 6.18 Å². The van der Waals surface area contributed by atoms with E-state index < -0.39 is 17.8 Å². The number of hydrogen-bond donors (Lipinski definition) is 1. The molecule has 5 nitrogen and oxygen atoms in total. The summed E-state index contributed by atoms with van der Waals surface area (Å²) in [7, 11) is 3.13. The molecule has 35 heavy (non-hydrogen) atoms. The van der Waals surface area contributed by atoms with Crippen LogP contribution < -0.4 is 14.4 Å². The van der Waals surface area contributed by atoms with Crippen LogP contribution in [0.4, 0.5) is 18.9 Å². The van der Waals surface area contributed by atoms with Crippen molar-refractivity contribution in [2.75, 3.05) is 32.2 Å². The minimum atomic E-state index is -4.53. The van der Waals surface area contributed by atoms with Gasteiger partial charge in [0.2, 0.25) is 0 Å². The van der Waals surface area contributed by atoms with E-state index in [0.717, 1.165) is 47.7 Å². The zero-order valence-electron chi connectivity index (χ0n) is 19.7. The lowest BCUT2D eigenvalue weighted by molar-refractivity contribution is -0.137. The van der Waals surface area contributed by atoms with Crippen LogP contribution in [0.1, 0.15) is 29.7 Å². The lowest BCUT2D eigenvalue weighted by Crippen LogP contribution is -2.21. The van der Waals surface area contributed by atoms with Crippen molar-refractivity contribution < 1.29 is 27.8 Å². The largest absolute Gasteiger partial charge is 0.497 e. The minimum Gasteiger partial charge on any atom is -0.497 e. The second kappa shape index (κ2) is 9.07. The predicted octanol–water partition coefficient (Wildman–Crippen LogP) is 5.51. The molecule has 1 fully saturated rings. The maximum atomic E-state index is 14.1. The summed E-state index contributed by atoms with van der Waals surface area (Å²) >= 11 is 0. The third-order valence-electron chi connectivity index (χ3n) is 6.83. The summed E-state index contributed by atoms with van der Waals surface area (Å²) in [5.41, 5.74) is 3.80. The second-order valence-corrected chi connectivity index (χ2v) is 9.05. The molecule has 184 valence electrons. The van der Waals surface area contributed by atoms with E-state index in [1.807, 2.05) is 17.0 Å². The lowest BCUT2D eigenvalue weighted by Gasteiger charge is -2.22. The smallest absolute Gasteiger partial charge is 0.417 e. The molecule has 1 unspecified atom stereocenters. The fraction of sp³-hybridized carbons (Fsp3) is 0.370. The second-order valence-electron chi connectivity index (χ2n) is 9.05. The zero-order chi connectivity index (χ0) is 24.7. The Morgan fingerprint density at radius 3 is 2.34 bits per heavy atom. The van der Waals surface area contributed by atoms with Crippen molar-refractivity contribution >= 4 is 5.69 Å². The molecular formula is C27H27F3N2O3. The van der Waals surface area contributed by atoms with Gasteiger partial charge in [0, 0.05) is 36.1 Å². The highest BCUT2D eigenvalue weighted by Gasteiger charge is 2.35. The standard InChI is InChI=1S/C27H27F3N2O3/c1-34-19-10-16(11-20(13-19)35-2)22-14-26(31-25-5-3-4-21(22)25)23-12-17(32-9-8-18(33)15-32)6-7-24(23)27(28,29)30/h6-7,10-14,18,33H,3-5,8-9,15H2,1-2H3. The molecule has 2 aliphatic rings. The summed E-state index contributed by atoms with van der Waals surface area (Å²) in [4.78, 5) is 6.63. The van der Waals surface area contributed by atoms with Gasteiger partial charge in [0.15, 0.2) is 0 Å². The van der Waals surface area contributed by atoms with E-state index in [-0.39, 0.29) is 11.3 Å².